The lowest BCUT2D eigenvalue weighted by molar-refractivity contribution is 0.0697. The van der Waals surface area contributed by atoms with Crippen LogP contribution in [0, 0.1) is 0 Å². The van der Waals surface area contributed by atoms with E-state index in [-0.39, 0.29) is 5.56 Å². The molecule has 122 valence electrons. The van der Waals surface area contributed by atoms with Gasteiger partial charge in [0.05, 0.1) is 23.8 Å². The molecule has 6 heteroatoms. The van der Waals surface area contributed by atoms with Crippen molar-refractivity contribution in [2.75, 3.05) is 19.0 Å². The molecular formula is C17H18BrNO4. The minimum atomic E-state index is -0.933. The quantitative estimate of drug-likeness (QED) is 0.755. The Morgan fingerprint density at radius 3 is 2.52 bits per heavy atom. The summed E-state index contributed by atoms with van der Waals surface area (Å²) in [5.41, 5.74) is 2.13. The summed E-state index contributed by atoms with van der Waals surface area (Å²) >= 11 is 3.48. The van der Waals surface area contributed by atoms with E-state index in [2.05, 4.69) is 21.2 Å². The summed E-state index contributed by atoms with van der Waals surface area (Å²) in [6, 6.07) is 10.5. The summed E-state index contributed by atoms with van der Waals surface area (Å²) in [4.78, 5) is 10.8. The molecule has 0 aliphatic heterocycles. The van der Waals surface area contributed by atoms with Crippen molar-refractivity contribution in [1.82, 2.24) is 0 Å². The fraction of sp³-hybridized carbons (Fsp3) is 0.235. The molecular weight excluding hydrogens is 362 g/mol. The molecule has 5 nitrogen and oxygen atoms in total. The Morgan fingerprint density at radius 1 is 1.26 bits per heavy atom. The summed E-state index contributed by atoms with van der Waals surface area (Å²) in [7, 11) is 1.60. The normalized spacial score (nSPS) is 10.2. The molecule has 0 bridgehead atoms. The van der Waals surface area contributed by atoms with Crippen LogP contribution in [0.2, 0.25) is 0 Å². The Bertz CT molecular complexity index is 686. The molecule has 23 heavy (non-hydrogen) atoms. The lowest BCUT2D eigenvalue weighted by atomic mass is 10.1. The second-order valence-corrected chi connectivity index (χ2v) is 5.63. The number of anilines is 1. The topological polar surface area (TPSA) is 67.8 Å². The van der Waals surface area contributed by atoms with E-state index in [0.29, 0.717) is 24.7 Å². The number of carbonyl (C=O) groups is 1. The van der Waals surface area contributed by atoms with Crippen LogP contribution in [-0.4, -0.2) is 24.8 Å². The Labute approximate surface area is 143 Å². The molecule has 0 aromatic heterocycles. The lowest BCUT2D eigenvalue weighted by Gasteiger charge is -2.14. The predicted molar refractivity (Wildman–Crippen MR) is 92.6 cm³/mol. The molecule has 0 amide bonds. The van der Waals surface area contributed by atoms with E-state index in [0.717, 1.165) is 15.7 Å². The highest BCUT2D eigenvalue weighted by Crippen LogP contribution is 2.36. The van der Waals surface area contributed by atoms with Gasteiger partial charge in [0.15, 0.2) is 11.5 Å². The summed E-state index contributed by atoms with van der Waals surface area (Å²) in [6.45, 7) is 3.05. The Morgan fingerprint density at radius 2 is 1.96 bits per heavy atom. The maximum atomic E-state index is 10.8. The molecule has 0 atom stereocenters. The Balaban J connectivity index is 2.12. The van der Waals surface area contributed by atoms with E-state index in [9.17, 15) is 4.79 Å². The monoisotopic (exact) mass is 379 g/mol. The molecule has 0 fully saturated rings. The number of hydrogen-bond acceptors (Lipinski definition) is 4. The smallest absolute Gasteiger partial charge is 0.335 e. The highest BCUT2D eigenvalue weighted by atomic mass is 79.9. The van der Waals surface area contributed by atoms with Crippen LogP contribution < -0.4 is 14.8 Å². The van der Waals surface area contributed by atoms with Gasteiger partial charge in [-0.05, 0) is 64.8 Å². The van der Waals surface area contributed by atoms with Crippen molar-refractivity contribution in [3.8, 4) is 11.5 Å². The highest BCUT2D eigenvalue weighted by Gasteiger charge is 2.11. The minimum Gasteiger partial charge on any atom is -0.492 e. The number of rotatable bonds is 7. The van der Waals surface area contributed by atoms with E-state index in [4.69, 9.17) is 14.6 Å². The molecule has 2 aromatic rings. The van der Waals surface area contributed by atoms with E-state index < -0.39 is 5.97 Å². The van der Waals surface area contributed by atoms with Gasteiger partial charge < -0.3 is 19.9 Å². The summed E-state index contributed by atoms with van der Waals surface area (Å²) in [6.07, 6.45) is 0. The van der Waals surface area contributed by atoms with Crippen LogP contribution >= 0.6 is 15.9 Å². The van der Waals surface area contributed by atoms with Gasteiger partial charge in [-0.15, -0.1) is 0 Å². The number of ether oxygens (including phenoxy) is 2. The van der Waals surface area contributed by atoms with Crippen molar-refractivity contribution in [2.24, 2.45) is 0 Å². The molecule has 0 saturated heterocycles. The first kappa shape index (κ1) is 17.1. The first-order chi connectivity index (χ1) is 11.0. The van der Waals surface area contributed by atoms with Crippen LogP contribution in [0.1, 0.15) is 22.8 Å². The highest BCUT2D eigenvalue weighted by molar-refractivity contribution is 9.10. The first-order valence-electron chi connectivity index (χ1n) is 7.11. The second kappa shape index (κ2) is 7.87. The third-order valence-electron chi connectivity index (χ3n) is 3.20. The van der Waals surface area contributed by atoms with E-state index in [1.165, 1.54) is 0 Å². The van der Waals surface area contributed by atoms with E-state index in [1.807, 2.05) is 19.1 Å². The van der Waals surface area contributed by atoms with Gasteiger partial charge in [0.1, 0.15) is 0 Å². The molecule has 0 saturated carbocycles. The maximum Gasteiger partial charge on any atom is 0.335 e. The minimum absolute atomic E-state index is 0.265. The first-order valence-corrected chi connectivity index (χ1v) is 7.91. The molecule has 0 unspecified atom stereocenters. The van der Waals surface area contributed by atoms with Gasteiger partial charge >= 0.3 is 5.97 Å². The molecule has 0 radical (unpaired) electrons. The number of hydrogen-bond donors (Lipinski definition) is 2. The molecule has 0 heterocycles. The Hall–Kier alpha value is -2.21. The van der Waals surface area contributed by atoms with Gasteiger partial charge in [-0.25, -0.2) is 4.79 Å². The number of benzene rings is 2. The summed E-state index contributed by atoms with van der Waals surface area (Å²) in [5.74, 6) is 0.417. The van der Waals surface area contributed by atoms with Gasteiger partial charge in [-0.1, -0.05) is 0 Å². The third kappa shape index (κ3) is 4.39. The zero-order valence-electron chi connectivity index (χ0n) is 12.9. The number of carboxylic acids is 1. The van der Waals surface area contributed by atoms with Crippen LogP contribution in [0.25, 0.3) is 0 Å². The van der Waals surface area contributed by atoms with Gasteiger partial charge in [0.2, 0.25) is 0 Å². The van der Waals surface area contributed by atoms with Gasteiger partial charge in [0.25, 0.3) is 0 Å². The molecule has 2 N–H and O–H groups in total. The van der Waals surface area contributed by atoms with Crippen molar-refractivity contribution in [2.45, 2.75) is 13.5 Å². The number of methoxy groups -OCH3 is 1. The van der Waals surface area contributed by atoms with Crippen LogP contribution in [0.4, 0.5) is 5.69 Å². The average Bonchev–Trinajstić information content (AvgIpc) is 2.53. The molecule has 0 aliphatic rings. The van der Waals surface area contributed by atoms with Crippen LogP contribution in [0.15, 0.2) is 40.9 Å². The second-order valence-electron chi connectivity index (χ2n) is 4.78. The fourth-order valence-electron chi connectivity index (χ4n) is 2.12. The molecule has 2 aromatic carbocycles. The van der Waals surface area contributed by atoms with Crippen molar-refractivity contribution >= 4 is 27.6 Å². The number of nitrogens with one attached hydrogen (secondary N) is 1. The molecule has 0 spiro atoms. The summed E-state index contributed by atoms with van der Waals surface area (Å²) in [5, 5.41) is 12.1. The van der Waals surface area contributed by atoms with Crippen LogP contribution in [-0.2, 0) is 6.54 Å². The number of carboxylic acid groups (broad SMARTS) is 1. The predicted octanol–water partition coefficient (Wildman–Crippen LogP) is 4.17. The molecule has 2 rings (SSSR count). The number of aromatic carboxylic acids is 1. The Kier molecular flexibility index (Phi) is 5.87. The largest absolute Gasteiger partial charge is 0.492 e. The van der Waals surface area contributed by atoms with Gasteiger partial charge in [-0.2, -0.15) is 0 Å². The lowest BCUT2D eigenvalue weighted by Crippen LogP contribution is -2.03. The van der Waals surface area contributed by atoms with Crippen molar-refractivity contribution in [1.29, 1.82) is 0 Å². The fourth-order valence-corrected chi connectivity index (χ4v) is 2.77. The summed E-state index contributed by atoms with van der Waals surface area (Å²) < 4.78 is 11.8. The number of halogens is 1. The third-order valence-corrected chi connectivity index (χ3v) is 3.79. The molecule has 0 aliphatic carbocycles. The van der Waals surface area contributed by atoms with E-state index >= 15 is 0 Å². The van der Waals surface area contributed by atoms with Gasteiger partial charge in [-0.3, -0.25) is 0 Å². The maximum absolute atomic E-state index is 10.8. The average molecular weight is 380 g/mol. The van der Waals surface area contributed by atoms with Crippen LogP contribution in [0.5, 0.6) is 11.5 Å². The standard InChI is InChI=1S/C17H18BrNO4/c1-3-23-15-9-11(8-14(18)16(15)22-2)10-19-13-6-4-12(5-7-13)17(20)21/h4-9,19H,3,10H2,1-2H3,(H,20,21). The van der Waals surface area contributed by atoms with Crippen molar-refractivity contribution in [3.05, 3.63) is 52.0 Å². The zero-order valence-corrected chi connectivity index (χ0v) is 14.5. The van der Waals surface area contributed by atoms with Crippen molar-refractivity contribution in [3.63, 3.8) is 0 Å². The van der Waals surface area contributed by atoms with E-state index in [1.54, 1.807) is 31.4 Å². The zero-order chi connectivity index (χ0) is 16.8. The SMILES string of the molecule is CCOc1cc(CNc2ccc(C(=O)O)cc2)cc(Br)c1OC. The van der Waals surface area contributed by atoms with Crippen LogP contribution in [0.3, 0.4) is 0 Å². The van der Waals surface area contributed by atoms with Crippen molar-refractivity contribution < 1.29 is 19.4 Å². The van der Waals surface area contributed by atoms with Gasteiger partial charge in [0, 0.05) is 12.2 Å².